The Morgan fingerprint density at radius 1 is 1.20 bits per heavy atom. The lowest BCUT2D eigenvalue weighted by molar-refractivity contribution is -0.155. The molecule has 1 fully saturated rings. The molecule has 0 bridgehead atoms. The average molecular weight is 343 g/mol. The lowest BCUT2D eigenvalue weighted by Crippen LogP contribution is -2.45. The van der Waals surface area contributed by atoms with E-state index in [1.54, 1.807) is 6.08 Å². The van der Waals surface area contributed by atoms with E-state index < -0.39 is 12.1 Å². The minimum atomic E-state index is -0.786. The minimum absolute atomic E-state index is 0.0947. The first kappa shape index (κ1) is 17.5. The molecule has 5 nitrogen and oxygen atoms in total. The lowest BCUT2D eigenvalue weighted by atomic mass is 10.0. The Kier molecular flexibility index (Phi) is 5.41. The Bertz CT molecular complexity index is 674. The first-order valence-electron chi connectivity index (χ1n) is 8.98. The van der Waals surface area contributed by atoms with Crippen LogP contribution in [0.15, 0.2) is 29.8 Å². The van der Waals surface area contributed by atoms with E-state index in [1.807, 2.05) is 38.1 Å². The summed E-state index contributed by atoms with van der Waals surface area (Å²) in [6.45, 7) is 3.92. The summed E-state index contributed by atoms with van der Waals surface area (Å²) in [5.41, 5.74) is 1.27. The molecule has 0 radical (unpaired) electrons. The molecule has 0 spiro atoms. The molecule has 1 heterocycles. The SMILES string of the molecule is CC(C)[C@@H](OC(=O)C1=Cc2ccccc2OC1)C(=O)NC1CCCC1. The molecule has 0 unspecified atom stereocenters. The van der Waals surface area contributed by atoms with Gasteiger partial charge in [-0.2, -0.15) is 0 Å². The van der Waals surface area contributed by atoms with Crippen LogP contribution in [0.5, 0.6) is 5.75 Å². The summed E-state index contributed by atoms with van der Waals surface area (Å²) in [4.78, 5) is 25.0. The van der Waals surface area contributed by atoms with Gasteiger partial charge in [-0.3, -0.25) is 4.79 Å². The third kappa shape index (κ3) is 4.21. The zero-order valence-electron chi connectivity index (χ0n) is 14.8. The van der Waals surface area contributed by atoms with E-state index in [2.05, 4.69) is 5.32 Å². The van der Waals surface area contributed by atoms with Crippen molar-refractivity contribution in [3.05, 3.63) is 35.4 Å². The predicted octanol–water partition coefficient (Wildman–Crippen LogP) is 3.09. The Morgan fingerprint density at radius 2 is 1.92 bits per heavy atom. The number of ether oxygens (including phenoxy) is 2. The molecule has 1 aromatic carbocycles. The highest BCUT2D eigenvalue weighted by atomic mass is 16.6. The van der Waals surface area contributed by atoms with Crippen molar-refractivity contribution in [1.29, 1.82) is 0 Å². The highest BCUT2D eigenvalue weighted by Crippen LogP contribution is 2.26. The Hall–Kier alpha value is -2.30. The largest absolute Gasteiger partial charge is 0.488 e. The van der Waals surface area contributed by atoms with Crippen molar-refractivity contribution >= 4 is 18.0 Å². The number of carbonyl (C=O) groups is 2. The van der Waals surface area contributed by atoms with Gasteiger partial charge >= 0.3 is 5.97 Å². The van der Waals surface area contributed by atoms with Gasteiger partial charge in [0.15, 0.2) is 6.10 Å². The van der Waals surface area contributed by atoms with Gasteiger partial charge in [0.2, 0.25) is 0 Å². The number of nitrogens with one attached hydrogen (secondary N) is 1. The molecule has 1 atom stereocenters. The second-order valence-corrected chi connectivity index (χ2v) is 7.06. The number of rotatable bonds is 5. The summed E-state index contributed by atoms with van der Waals surface area (Å²) in [6, 6.07) is 7.72. The van der Waals surface area contributed by atoms with E-state index in [4.69, 9.17) is 9.47 Å². The average Bonchev–Trinajstić information content (AvgIpc) is 3.11. The van der Waals surface area contributed by atoms with E-state index in [0.717, 1.165) is 37.0 Å². The maximum Gasteiger partial charge on any atom is 0.338 e. The van der Waals surface area contributed by atoms with Crippen LogP contribution in [0.1, 0.15) is 45.1 Å². The zero-order chi connectivity index (χ0) is 17.8. The summed E-state index contributed by atoms with van der Waals surface area (Å²) in [7, 11) is 0. The van der Waals surface area contributed by atoms with Crippen LogP contribution in [0.4, 0.5) is 0 Å². The van der Waals surface area contributed by atoms with Crippen molar-refractivity contribution in [3.8, 4) is 5.75 Å². The van der Waals surface area contributed by atoms with Gasteiger partial charge in [-0.25, -0.2) is 4.79 Å². The van der Waals surface area contributed by atoms with Gasteiger partial charge in [-0.1, -0.05) is 44.9 Å². The monoisotopic (exact) mass is 343 g/mol. The molecular formula is C20H25NO4. The van der Waals surface area contributed by atoms with Crippen molar-refractivity contribution in [3.63, 3.8) is 0 Å². The smallest absolute Gasteiger partial charge is 0.338 e. The summed E-state index contributed by atoms with van der Waals surface area (Å²) in [6.07, 6.45) is 5.27. The van der Waals surface area contributed by atoms with Crippen LogP contribution in [-0.4, -0.2) is 30.6 Å². The van der Waals surface area contributed by atoms with Crippen molar-refractivity contribution < 1.29 is 19.1 Å². The molecule has 1 aliphatic carbocycles. The fourth-order valence-electron chi connectivity index (χ4n) is 3.27. The summed E-state index contributed by atoms with van der Waals surface area (Å²) >= 11 is 0. The number of para-hydroxylation sites is 1. The van der Waals surface area contributed by atoms with E-state index >= 15 is 0 Å². The molecule has 1 aromatic rings. The van der Waals surface area contributed by atoms with E-state index in [-0.39, 0.29) is 24.5 Å². The minimum Gasteiger partial charge on any atom is -0.488 e. The number of carbonyl (C=O) groups excluding carboxylic acids is 2. The fourth-order valence-corrected chi connectivity index (χ4v) is 3.27. The number of fused-ring (bicyclic) bond motifs is 1. The van der Waals surface area contributed by atoms with E-state index in [1.165, 1.54) is 0 Å². The summed E-state index contributed by atoms with van der Waals surface area (Å²) in [5, 5.41) is 3.02. The molecule has 3 rings (SSSR count). The van der Waals surface area contributed by atoms with Gasteiger partial charge in [0, 0.05) is 11.6 Å². The van der Waals surface area contributed by atoms with Crippen LogP contribution >= 0.6 is 0 Å². The van der Waals surface area contributed by atoms with Crippen molar-refractivity contribution in [1.82, 2.24) is 5.32 Å². The second-order valence-electron chi connectivity index (χ2n) is 7.06. The maximum absolute atomic E-state index is 12.5. The van der Waals surface area contributed by atoms with Crippen LogP contribution in [0, 0.1) is 5.92 Å². The third-order valence-corrected chi connectivity index (χ3v) is 4.69. The van der Waals surface area contributed by atoms with Gasteiger partial charge < -0.3 is 14.8 Å². The molecule has 2 aliphatic rings. The highest BCUT2D eigenvalue weighted by molar-refractivity contribution is 5.97. The standard InChI is InChI=1S/C20H25NO4/c1-13(2)18(19(22)21-16-8-4-5-9-16)25-20(23)15-11-14-7-3-6-10-17(14)24-12-15/h3,6-7,10-11,13,16,18H,4-5,8-9,12H2,1-2H3,(H,21,22)/t18-/m1/s1. The van der Waals surface area contributed by atoms with Crippen molar-refractivity contribution in [2.45, 2.75) is 51.7 Å². The van der Waals surface area contributed by atoms with Crippen LogP contribution in [0.25, 0.3) is 6.08 Å². The predicted molar refractivity (Wildman–Crippen MR) is 95.0 cm³/mol. The maximum atomic E-state index is 12.5. The molecule has 134 valence electrons. The van der Waals surface area contributed by atoms with Crippen LogP contribution in [-0.2, 0) is 14.3 Å². The summed E-state index contributed by atoms with van der Waals surface area (Å²) in [5.74, 6) is -0.0380. The number of esters is 1. The molecule has 0 saturated heterocycles. The number of hydrogen-bond acceptors (Lipinski definition) is 4. The van der Waals surface area contributed by atoms with Crippen molar-refractivity contribution in [2.75, 3.05) is 6.61 Å². The van der Waals surface area contributed by atoms with E-state index in [9.17, 15) is 9.59 Å². The van der Waals surface area contributed by atoms with Crippen LogP contribution in [0.2, 0.25) is 0 Å². The molecule has 1 saturated carbocycles. The first-order chi connectivity index (χ1) is 12.0. The van der Waals surface area contributed by atoms with Gasteiger partial charge in [-0.05, 0) is 30.9 Å². The van der Waals surface area contributed by atoms with Crippen LogP contribution < -0.4 is 10.1 Å². The number of hydrogen-bond donors (Lipinski definition) is 1. The Balaban J connectivity index is 1.66. The fraction of sp³-hybridized carbons (Fsp3) is 0.500. The van der Waals surface area contributed by atoms with Gasteiger partial charge in [-0.15, -0.1) is 0 Å². The zero-order valence-corrected chi connectivity index (χ0v) is 14.8. The Morgan fingerprint density at radius 3 is 2.64 bits per heavy atom. The first-order valence-corrected chi connectivity index (χ1v) is 8.98. The van der Waals surface area contributed by atoms with Gasteiger partial charge in [0.1, 0.15) is 12.4 Å². The third-order valence-electron chi connectivity index (χ3n) is 4.69. The van der Waals surface area contributed by atoms with Crippen LogP contribution in [0.3, 0.4) is 0 Å². The molecule has 1 amide bonds. The molecular weight excluding hydrogens is 318 g/mol. The van der Waals surface area contributed by atoms with E-state index in [0.29, 0.717) is 5.57 Å². The Labute approximate surface area is 148 Å². The highest BCUT2D eigenvalue weighted by Gasteiger charge is 2.30. The van der Waals surface area contributed by atoms with Crippen molar-refractivity contribution in [2.24, 2.45) is 5.92 Å². The summed E-state index contributed by atoms with van der Waals surface area (Å²) < 4.78 is 11.1. The quantitative estimate of drug-likeness (QED) is 0.835. The number of amides is 1. The second kappa shape index (κ2) is 7.72. The molecule has 0 aromatic heterocycles. The van der Waals surface area contributed by atoms with Gasteiger partial charge in [0.05, 0.1) is 5.57 Å². The molecule has 25 heavy (non-hydrogen) atoms. The topological polar surface area (TPSA) is 64.6 Å². The van der Waals surface area contributed by atoms with Gasteiger partial charge in [0.25, 0.3) is 5.91 Å². The normalized spacial score (nSPS) is 18.1. The number of benzene rings is 1. The molecule has 1 N–H and O–H groups in total. The molecule has 1 aliphatic heterocycles. The lowest BCUT2D eigenvalue weighted by Gasteiger charge is -2.24. The molecule has 5 heteroatoms.